The number of nitrogens with zero attached hydrogens (tertiary/aromatic N) is 2. The molecule has 106 valence electrons. The minimum absolute atomic E-state index is 0.260. The molecule has 0 saturated carbocycles. The predicted octanol–water partition coefficient (Wildman–Crippen LogP) is 3.46. The topological polar surface area (TPSA) is 43.8 Å². The maximum atomic E-state index is 13.9. The number of nitrogen functional groups attached to an aromatic ring is 1. The molecule has 0 unspecified atom stereocenters. The van der Waals surface area contributed by atoms with Crippen LogP contribution in [0.2, 0.25) is 0 Å². The summed E-state index contributed by atoms with van der Waals surface area (Å²) < 4.78 is 28.7. The number of para-hydroxylation sites is 1. The van der Waals surface area contributed by atoms with E-state index in [1.54, 1.807) is 17.0 Å². The number of benzene rings is 2. The molecule has 3 nitrogen and oxygen atoms in total. The summed E-state index contributed by atoms with van der Waals surface area (Å²) in [4.78, 5) is 4.16. The highest BCUT2D eigenvalue weighted by atomic mass is 19.1. The number of hydrogen-bond acceptors (Lipinski definition) is 2. The number of imidazole rings is 1. The molecule has 1 aromatic heterocycles. The van der Waals surface area contributed by atoms with Gasteiger partial charge in [-0.25, -0.2) is 13.8 Å². The van der Waals surface area contributed by atoms with Gasteiger partial charge in [0.25, 0.3) is 0 Å². The third kappa shape index (κ3) is 2.63. The molecular weight excluding hydrogens is 272 g/mol. The van der Waals surface area contributed by atoms with Crippen LogP contribution in [0.25, 0.3) is 11.4 Å². The molecule has 0 fully saturated rings. The molecule has 0 saturated heterocycles. The van der Waals surface area contributed by atoms with E-state index in [4.69, 9.17) is 5.73 Å². The van der Waals surface area contributed by atoms with E-state index in [-0.39, 0.29) is 5.56 Å². The van der Waals surface area contributed by atoms with E-state index in [2.05, 4.69) is 4.98 Å². The minimum atomic E-state index is -0.636. The summed E-state index contributed by atoms with van der Waals surface area (Å²) in [5.41, 5.74) is 7.76. The fourth-order valence-electron chi connectivity index (χ4n) is 2.21. The third-order valence-electron chi connectivity index (χ3n) is 3.28. The Hall–Kier alpha value is -2.69. The summed E-state index contributed by atoms with van der Waals surface area (Å²) in [6.45, 7) is 0.471. The second kappa shape index (κ2) is 5.36. The average Bonchev–Trinajstić information content (AvgIpc) is 2.89. The van der Waals surface area contributed by atoms with Crippen molar-refractivity contribution in [3.63, 3.8) is 0 Å². The van der Waals surface area contributed by atoms with Crippen LogP contribution in [0.5, 0.6) is 0 Å². The van der Waals surface area contributed by atoms with Crippen molar-refractivity contribution in [2.24, 2.45) is 0 Å². The lowest BCUT2D eigenvalue weighted by Crippen LogP contribution is -2.04. The van der Waals surface area contributed by atoms with Gasteiger partial charge in [-0.3, -0.25) is 0 Å². The first-order chi connectivity index (χ1) is 10.1. The number of hydrogen-bond donors (Lipinski definition) is 1. The summed E-state index contributed by atoms with van der Waals surface area (Å²) in [5, 5.41) is 0. The number of halogens is 2. The largest absolute Gasteiger partial charge is 0.398 e. The molecule has 0 aliphatic carbocycles. The van der Waals surface area contributed by atoms with E-state index < -0.39 is 11.6 Å². The van der Waals surface area contributed by atoms with Crippen molar-refractivity contribution in [2.45, 2.75) is 6.54 Å². The molecule has 0 spiro atoms. The van der Waals surface area contributed by atoms with Gasteiger partial charge in [0.05, 0.1) is 12.1 Å². The number of rotatable bonds is 3. The van der Waals surface area contributed by atoms with Crippen molar-refractivity contribution in [2.75, 3.05) is 5.73 Å². The zero-order valence-electron chi connectivity index (χ0n) is 11.1. The number of aromatic nitrogens is 2. The molecule has 0 atom stereocenters. The van der Waals surface area contributed by atoms with Crippen molar-refractivity contribution in [1.29, 1.82) is 0 Å². The highest BCUT2D eigenvalue weighted by Gasteiger charge is 2.12. The van der Waals surface area contributed by atoms with Gasteiger partial charge in [0, 0.05) is 24.1 Å². The Morgan fingerprint density at radius 1 is 1.10 bits per heavy atom. The van der Waals surface area contributed by atoms with Crippen LogP contribution < -0.4 is 5.73 Å². The molecule has 1 heterocycles. The fraction of sp³-hybridized carbons (Fsp3) is 0.0625. The standard InChI is InChI=1S/C16H13F2N3/c17-12-5-6-13(14(18)9-12)16-20-7-8-21(16)10-11-3-1-2-4-15(11)19/h1-9H,10,19H2. The van der Waals surface area contributed by atoms with Gasteiger partial charge in [-0.15, -0.1) is 0 Å². The van der Waals surface area contributed by atoms with E-state index in [1.165, 1.54) is 12.1 Å². The van der Waals surface area contributed by atoms with Crippen LogP contribution in [0, 0.1) is 11.6 Å². The van der Waals surface area contributed by atoms with Gasteiger partial charge in [0.1, 0.15) is 17.5 Å². The first-order valence-corrected chi connectivity index (χ1v) is 6.45. The normalized spacial score (nSPS) is 10.8. The van der Waals surface area contributed by atoms with Crippen LogP contribution in [0.15, 0.2) is 54.9 Å². The van der Waals surface area contributed by atoms with Gasteiger partial charge in [-0.2, -0.15) is 0 Å². The molecule has 0 bridgehead atoms. The van der Waals surface area contributed by atoms with E-state index in [0.29, 0.717) is 18.1 Å². The highest BCUT2D eigenvalue weighted by molar-refractivity contribution is 5.57. The molecule has 2 aromatic carbocycles. The number of nitrogens with two attached hydrogens (primary N) is 1. The molecule has 5 heteroatoms. The molecule has 0 aliphatic heterocycles. The van der Waals surface area contributed by atoms with E-state index in [9.17, 15) is 8.78 Å². The zero-order chi connectivity index (χ0) is 14.8. The highest BCUT2D eigenvalue weighted by Crippen LogP contribution is 2.23. The summed E-state index contributed by atoms with van der Waals surface area (Å²) in [7, 11) is 0. The van der Waals surface area contributed by atoms with Crippen molar-refractivity contribution in [3.05, 3.63) is 72.1 Å². The lowest BCUT2D eigenvalue weighted by molar-refractivity contribution is 0.584. The lowest BCUT2D eigenvalue weighted by Gasteiger charge is -2.10. The molecule has 0 aliphatic rings. The maximum Gasteiger partial charge on any atom is 0.143 e. The van der Waals surface area contributed by atoms with Crippen LogP contribution in [0.4, 0.5) is 14.5 Å². The molecule has 3 rings (SSSR count). The molecule has 21 heavy (non-hydrogen) atoms. The summed E-state index contributed by atoms with van der Waals surface area (Å²) in [6.07, 6.45) is 3.32. The average molecular weight is 285 g/mol. The quantitative estimate of drug-likeness (QED) is 0.749. The van der Waals surface area contributed by atoms with Crippen LogP contribution in [0.1, 0.15) is 5.56 Å². The van der Waals surface area contributed by atoms with Gasteiger partial charge < -0.3 is 10.3 Å². The fourth-order valence-corrected chi connectivity index (χ4v) is 2.21. The third-order valence-corrected chi connectivity index (χ3v) is 3.28. The van der Waals surface area contributed by atoms with Crippen LogP contribution in [-0.2, 0) is 6.54 Å². The Morgan fingerprint density at radius 3 is 2.67 bits per heavy atom. The zero-order valence-corrected chi connectivity index (χ0v) is 11.1. The SMILES string of the molecule is Nc1ccccc1Cn1ccnc1-c1ccc(F)cc1F. The Kier molecular flexibility index (Phi) is 3.39. The van der Waals surface area contributed by atoms with Gasteiger partial charge in [-0.05, 0) is 23.8 Å². The summed E-state index contributed by atoms with van der Waals surface area (Å²) in [6, 6.07) is 10.9. The molecular formula is C16H13F2N3. The lowest BCUT2D eigenvalue weighted by atomic mass is 10.1. The van der Waals surface area contributed by atoms with E-state index in [1.807, 2.05) is 24.3 Å². The van der Waals surface area contributed by atoms with Crippen LogP contribution in [0.3, 0.4) is 0 Å². The second-order valence-electron chi connectivity index (χ2n) is 4.70. The van der Waals surface area contributed by atoms with E-state index in [0.717, 1.165) is 11.6 Å². The molecule has 0 amide bonds. The van der Waals surface area contributed by atoms with Crippen molar-refractivity contribution in [1.82, 2.24) is 9.55 Å². The van der Waals surface area contributed by atoms with Gasteiger partial charge in [0.15, 0.2) is 0 Å². The minimum Gasteiger partial charge on any atom is -0.398 e. The molecule has 2 N–H and O–H groups in total. The Bertz CT molecular complexity index is 781. The Balaban J connectivity index is 2.00. The Labute approximate surface area is 120 Å². The summed E-state index contributed by atoms with van der Waals surface area (Å²) >= 11 is 0. The first-order valence-electron chi connectivity index (χ1n) is 6.45. The summed E-state index contributed by atoms with van der Waals surface area (Å²) in [5.74, 6) is -0.805. The van der Waals surface area contributed by atoms with Crippen molar-refractivity contribution >= 4 is 5.69 Å². The van der Waals surface area contributed by atoms with Crippen LogP contribution >= 0.6 is 0 Å². The van der Waals surface area contributed by atoms with Crippen molar-refractivity contribution < 1.29 is 8.78 Å². The van der Waals surface area contributed by atoms with Crippen molar-refractivity contribution in [3.8, 4) is 11.4 Å². The molecule has 3 aromatic rings. The van der Waals surface area contributed by atoms with Gasteiger partial charge in [-0.1, -0.05) is 18.2 Å². The number of anilines is 1. The van der Waals surface area contributed by atoms with Crippen LogP contribution in [-0.4, -0.2) is 9.55 Å². The van der Waals surface area contributed by atoms with E-state index >= 15 is 0 Å². The second-order valence-corrected chi connectivity index (χ2v) is 4.70. The van der Waals surface area contributed by atoms with Gasteiger partial charge in [0.2, 0.25) is 0 Å². The molecule has 0 radical (unpaired) electrons. The predicted molar refractivity (Wildman–Crippen MR) is 77.5 cm³/mol. The first kappa shape index (κ1) is 13.3. The van der Waals surface area contributed by atoms with Gasteiger partial charge >= 0.3 is 0 Å². The Morgan fingerprint density at radius 2 is 1.90 bits per heavy atom. The smallest absolute Gasteiger partial charge is 0.143 e. The maximum absolute atomic E-state index is 13.9. The monoisotopic (exact) mass is 285 g/mol.